The Morgan fingerprint density at radius 1 is 1.20 bits per heavy atom. The lowest BCUT2D eigenvalue weighted by Gasteiger charge is -2.30. The molecule has 2 aromatic carbocycles. The van der Waals surface area contributed by atoms with Crippen molar-refractivity contribution >= 4 is 12.0 Å². The van der Waals surface area contributed by atoms with Crippen LogP contribution in [0.25, 0.3) is 0 Å². The Labute approximate surface area is 150 Å². The summed E-state index contributed by atoms with van der Waals surface area (Å²) in [5, 5.41) is 11.4. The van der Waals surface area contributed by atoms with Crippen molar-refractivity contribution in [3.63, 3.8) is 0 Å². The van der Waals surface area contributed by atoms with Crippen molar-refractivity contribution in [2.45, 2.75) is 32.8 Å². The fourth-order valence-corrected chi connectivity index (χ4v) is 2.81. The summed E-state index contributed by atoms with van der Waals surface area (Å²) in [5.74, 6) is 0.644. The molecule has 1 N–H and O–H groups in total. The molecule has 2 aromatic rings. The molecule has 0 heterocycles. The number of methoxy groups -OCH3 is 1. The van der Waals surface area contributed by atoms with E-state index in [9.17, 15) is 5.11 Å². The second-order valence-corrected chi connectivity index (χ2v) is 6.24. The molecule has 0 aromatic heterocycles. The van der Waals surface area contributed by atoms with E-state index in [1.165, 1.54) is 0 Å². The summed E-state index contributed by atoms with van der Waals surface area (Å²) in [7, 11) is 3.61. The number of aryl methyl sites for hydroxylation is 1. The van der Waals surface area contributed by atoms with Crippen LogP contribution in [0.15, 0.2) is 47.5 Å². The number of rotatable bonds is 7. The highest BCUT2D eigenvalue weighted by atomic mass is 16.5. The minimum absolute atomic E-state index is 0.550. The maximum Gasteiger partial charge on any atom is 0.127 e. The van der Waals surface area contributed by atoms with E-state index in [1.54, 1.807) is 7.11 Å². The molecule has 0 fully saturated rings. The molecule has 2 rings (SSSR count). The fraction of sp³-hybridized carbons (Fsp3) is 0.381. The van der Waals surface area contributed by atoms with Crippen molar-refractivity contribution in [3.05, 3.63) is 59.2 Å². The van der Waals surface area contributed by atoms with E-state index >= 15 is 0 Å². The maximum absolute atomic E-state index is 11.4. The molecular weight excluding hydrogens is 312 g/mol. The molecule has 134 valence electrons. The molecule has 1 unspecified atom stereocenters. The van der Waals surface area contributed by atoms with Gasteiger partial charge in [0, 0.05) is 25.2 Å². The largest absolute Gasteiger partial charge is 0.496 e. The van der Waals surface area contributed by atoms with Crippen molar-refractivity contribution in [2.75, 3.05) is 20.7 Å². The highest BCUT2D eigenvalue weighted by Crippen LogP contribution is 2.41. The molecule has 1 atom stereocenters. The second-order valence-electron chi connectivity index (χ2n) is 6.24. The Morgan fingerprint density at radius 3 is 2.44 bits per heavy atom. The first-order valence-electron chi connectivity index (χ1n) is 8.67. The van der Waals surface area contributed by atoms with Gasteiger partial charge in [-0.05, 0) is 37.5 Å². The van der Waals surface area contributed by atoms with Crippen LogP contribution in [-0.2, 0) is 5.60 Å². The van der Waals surface area contributed by atoms with Crippen LogP contribution in [0.1, 0.15) is 37.0 Å². The first-order chi connectivity index (χ1) is 12.0. The number of hydrogen-bond donors (Lipinski definition) is 1. The number of benzene rings is 2. The van der Waals surface area contributed by atoms with Crippen LogP contribution in [0.2, 0.25) is 0 Å². The number of aliphatic hydroxyl groups is 1. The van der Waals surface area contributed by atoms with E-state index in [0.29, 0.717) is 12.2 Å². The minimum Gasteiger partial charge on any atom is -0.496 e. The normalized spacial score (nSPS) is 13.7. The summed E-state index contributed by atoms with van der Waals surface area (Å²) in [6, 6.07) is 13.6. The zero-order chi connectivity index (χ0) is 18.4. The molecule has 0 bridgehead atoms. The molecule has 0 saturated carbocycles. The highest BCUT2D eigenvalue weighted by Gasteiger charge is 2.33. The first kappa shape index (κ1) is 19.0. The number of ether oxygens (including phenoxy) is 1. The van der Waals surface area contributed by atoms with Gasteiger partial charge in [0.25, 0.3) is 0 Å². The highest BCUT2D eigenvalue weighted by molar-refractivity contribution is 5.65. The van der Waals surface area contributed by atoms with E-state index in [1.807, 2.05) is 74.6 Å². The summed E-state index contributed by atoms with van der Waals surface area (Å²) in [6.07, 6.45) is 2.36. The number of nitrogens with zero attached hydrogens (tertiary/aromatic N) is 2. The molecule has 0 spiro atoms. The average molecular weight is 340 g/mol. The molecular formula is C21H28N2O2. The van der Waals surface area contributed by atoms with Crippen molar-refractivity contribution < 1.29 is 9.84 Å². The third-order valence-corrected chi connectivity index (χ3v) is 4.62. The summed E-state index contributed by atoms with van der Waals surface area (Å²) in [6.45, 7) is 6.94. The monoisotopic (exact) mass is 340 g/mol. The summed E-state index contributed by atoms with van der Waals surface area (Å²) < 4.78 is 5.60. The quantitative estimate of drug-likeness (QED) is 0.605. The van der Waals surface area contributed by atoms with Gasteiger partial charge in [-0.2, -0.15) is 0 Å². The van der Waals surface area contributed by atoms with Gasteiger partial charge in [-0.1, -0.05) is 37.3 Å². The van der Waals surface area contributed by atoms with Gasteiger partial charge in [-0.15, -0.1) is 0 Å². The van der Waals surface area contributed by atoms with E-state index in [0.717, 1.165) is 28.9 Å². The lowest BCUT2D eigenvalue weighted by Crippen LogP contribution is -2.27. The molecule has 0 aliphatic carbocycles. The average Bonchev–Trinajstić information content (AvgIpc) is 2.66. The summed E-state index contributed by atoms with van der Waals surface area (Å²) in [5.41, 5.74) is 2.37. The maximum atomic E-state index is 11.4. The van der Waals surface area contributed by atoms with E-state index < -0.39 is 5.60 Å². The Bertz CT molecular complexity index is 728. The van der Waals surface area contributed by atoms with Gasteiger partial charge in [0.15, 0.2) is 0 Å². The van der Waals surface area contributed by atoms with Gasteiger partial charge < -0.3 is 14.7 Å². The Kier molecular flexibility index (Phi) is 6.21. The van der Waals surface area contributed by atoms with Crippen LogP contribution < -0.4 is 4.74 Å². The van der Waals surface area contributed by atoms with Crippen LogP contribution in [0.4, 0.5) is 5.69 Å². The smallest absolute Gasteiger partial charge is 0.127 e. The van der Waals surface area contributed by atoms with Crippen LogP contribution in [-0.4, -0.2) is 37.0 Å². The van der Waals surface area contributed by atoms with E-state index in [2.05, 4.69) is 11.9 Å². The third-order valence-electron chi connectivity index (χ3n) is 4.62. The van der Waals surface area contributed by atoms with Gasteiger partial charge in [0.05, 0.1) is 19.1 Å². The van der Waals surface area contributed by atoms with Crippen LogP contribution in [0.5, 0.6) is 5.75 Å². The molecule has 0 radical (unpaired) electrons. The lowest BCUT2D eigenvalue weighted by molar-refractivity contribution is 0.0736. The third kappa shape index (κ3) is 4.02. The molecule has 25 heavy (non-hydrogen) atoms. The Balaban J connectivity index is 2.54. The fourth-order valence-electron chi connectivity index (χ4n) is 2.81. The summed E-state index contributed by atoms with van der Waals surface area (Å²) in [4.78, 5) is 6.55. The summed E-state index contributed by atoms with van der Waals surface area (Å²) >= 11 is 0. The molecule has 4 nitrogen and oxygen atoms in total. The Morgan fingerprint density at radius 2 is 1.88 bits per heavy atom. The molecule has 4 heteroatoms. The SMILES string of the molecule is CCN(C)C=Nc1cc(OC)c(C(O)(CC)c2ccccc2)cc1C. The molecule has 0 saturated heterocycles. The molecule has 0 amide bonds. The lowest BCUT2D eigenvalue weighted by atomic mass is 9.82. The molecule has 0 aliphatic heterocycles. The number of hydrogen-bond acceptors (Lipinski definition) is 3. The Hall–Kier alpha value is -2.33. The zero-order valence-corrected chi connectivity index (χ0v) is 15.8. The first-order valence-corrected chi connectivity index (χ1v) is 8.67. The minimum atomic E-state index is -1.10. The van der Waals surface area contributed by atoms with E-state index in [4.69, 9.17) is 4.74 Å². The van der Waals surface area contributed by atoms with Gasteiger partial charge in [0.1, 0.15) is 11.4 Å². The predicted molar refractivity (Wildman–Crippen MR) is 104 cm³/mol. The van der Waals surface area contributed by atoms with Gasteiger partial charge >= 0.3 is 0 Å². The standard InChI is InChI=1S/C21H28N2O2/c1-6-21(24,17-11-9-8-10-12-17)18-13-16(3)19(14-20(18)25-5)22-15-23(4)7-2/h8-15,24H,6-7H2,1-5H3. The number of aliphatic imine (C=N–C) groups is 1. The van der Waals surface area contributed by atoms with Crippen LogP contribution in [0.3, 0.4) is 0 Å². The van der Waals surface area contributed by atoms with Gasteiger partial charge in [0.2, 0.25) is 0 Å². The predicted octanol–water partition coefficient (Wildman–Crippen LogP) is 4.26. The van der Waals surface area contributed by atoms with Crippen molar-refractivity contribution in [1.82, 2.24) is 4.90 Å². The second kappa shape index (κ2) is 8.17. The van der Waals surface area contributed by atoms with E-state index in [-0.39, 0.29) is 0 Å². The van der Waals surface area contributed by atoms with Gasteiger partial charge in [-0.25, -0.2) is 4.99 Å². The van der Waals surface area contributed by atoms with Crippen molar-refractivity contribution in [3.8, 4) is 5.75 Å². The van der Waals surface area contributed by atoms with Crippen molar-refractivity contribution in [2.24, 2.45) is 4.99 Å². The van der Waals surface area contributed by atoms with Crippen LogP contribution in [0, 0.1) is 6.92 Å². The van der Waals surface area contributed by atoms with Crippen molar-refractivity contribution in [1.29, 1.82) is 0 Å². The zero-order valence-electron chi connectivity index (χ0n) is 15.8. The molecule has 0 aliphatic rings. The van der Waals surface area contributed by atoms with Crippen LogP contribution >= 0.6 is 0 Å². The topological polar surface area (TPSA) is 45.1 Å². The van der Waals surface area contributed by atoms with Gasteiger partial charge in [-0.3, -0.25) is 0 Å².